The lowest BCUT2D eigenvalue weighted by Gasteiger charge is -2.26. The van der Waals surface area contributed by atoms with Gasteiger partial charge < -0.3 is 10.2 Å². The number of nitrogens with one attached hydrogen (secondary N) is 2. The van der Waals surface area contributed by atoms with Crippen molar-refractivity contribution in [3.05, 3.63) is 52.3 Å². The molecule has 0 saturated carbocycles. The van der Waals surface area contributed by atoms with Crippen molar-refractivity contribution in [2.24, 2.45) is 0 Å². The van der Waals surface area contributed by atoms with E-state index in [-0.39, 0.29) is 6.04 Å². The van der Waals surface area contributed by atoms with Crippen LogP contribution in [0.3, 0.4) is 0 Å². The molecule has 2 N–H and O–H groups in total. The van der Waals surface area contributed by atoms with E-state index in [1.54, 1.807) is 0 Å². The number of benzene rings is 1. The molecule has 1 atom stereocenters. The standard InChI is InChI=1S/C15H21ClN4/c1-11-12(9-18-19-11)8-17-10-15(20(2)3)13-6-4-5-7-14(13)16/h4-7,9,15,17H,8,10H2,1-3H3,(H,18,19). The van der Waals surface area contributed by atoms with E-state index in [0.29, 0.717) is 0 Å². The van der Waals surface area contributed by atoms with Gasteiger partial charge >= 0.3 is 0 Å². The van der Waals surface area contributed by atoms with Crippen molar-refractivity contribution < 1.29 is 0 Å². The molecule has 5 heteroatoms. The first kappa shape index (κ1) is 15.0. The van der Waals surface area contributed by atoms with Crippen molar-refractivity contribution in [1.29, 1.82) is 0 Å². The third-order valence-electron chi connectivity index (χ3n) is 3.48. The van der Waals surface area contributed by atoms with Gasteiger partial charge in [0.2, 0.25) is 0 Å². The molecular weight excluding hydrogens is 272 g/mol. The lowest BCUT2D eigenvalue weighted by molar-refractivity contribution is 0.288. The zero-order valence-corrected chi connectivity index (χ0v) is 12.9. The highest BCUT2D eigenvalue weighted by Crippen LogP contribution is 2.25. The zero-order chi connectivity index (χ0) is 14.5. The van der Waals surface area contributed by atoms with E-state index in [4.69, 9.17) is 11.6 Å². The van der Waals surface area contributed by atoms with Gasteiger partial charge in [-0.2, -0.15) is 5.10 Å². The Morgan fingerprint density at radius 2 is 2.10 bits per heavy atom. The lowest BCUT2D eigenvalue weighted by Crippen LogP contribution is -2.31. The number of aromatic nitrogens is 2. The average Bonchev–Trinajstić information content (AvgIpc) is 2.81. The largest absolute Gasteiger partial charge is 0.311 e. The minimum absolute atomic E-state index is 0.246. The number of halogens is 1. The van der Waals surface area contributed by atoms with Crippen molar-refractivity contribution in [1.82, 2.24) is 20.4 Å². The second kappa shape index (κ2) is 6.88. The molecule has 0 bridgehead atoms. The summed E-state index contributed by atoms with van der Waals surface area (Å²) in [6.45, 7) is 3.67. The fourth-order valence-electron chi connectivity index (χ4n) is 2.21. The van der Waals surface area contributed by atoms with Gasteiger partial charge in [-0.05, 0) is 32.6 Å². The maximum atomic E-state index is 6.30. The van der Waals surface area contributed by atoms with Gasteiger partial charge in [0, 0.05) is 35.4 Å². The minimum Gasteiger partial charge on any atom is -0.311 e. The summed E-state index contributed by atoms with van der Waals surface area (Å²) in [6, 6.07) is 8.25. The summed E-state index contributed by atoms with van der Waals surface area (Å²) in [4.78, 5) is 2.18. The Hall–Kier alpha value is -1.36. The summed E-state index contributed by atoms with van der Waals surface area (Å²) in [6.07, 6.45) is 1.86. The van der Waals surface area contributed by atoms with Gasteiger partial charge in [-0.25, -0.2) is 0 Å². The van der Waals surface area contributed by atoms with Crippen molar-refractivity contribution in [2.45, 2.75) is 19.5 Å². The van der Waals surface area contributed by atoms with Gasteiger partial charge in [-0.15, -0.1) is 0 Å². The Kier molecular flexibility index (Phi) is 5.17. The molecule has 1 unspecified atom stereocenters. The van der Waals surface area contributed by atoms with Crippen LogP contribution in [-0.2, 0) is 6.54 Å². The lowest BCUT2D eigenvalue weighted by atomic mass is 10.1. The first-order chi connectivity index (χ1) is 9.59. The highest BCUT2D eigenvalue weighted by molar-refractivity contribution is 6.31. The summed E-state index contributed by atoms with van der Waals surface area (Å²) in [5, 5.41) is 11.3. The average molecular weight is 293 g/mol. The smallest absolute Gasteiger partial charge is 0.0535 e. The van der Waals surface area contributed by atoms with E-state index < -0.39 is 0 Å². The molecule has 0 fully saturated rings. The first-order valence-electron chi connectivity index (χ1n) is 6.70. The second-order valence-electron chi connectivity index (χ2n) is 5.15. The third kappa shape index (κ3) is 3.60. The van der Waals surface area contributed by atoms with Gasteiger partial charge in [0.1, 0.15) is 0 Å². The van der Waals surface area contributed by atoms with Gasteiger partial charge in [0.05, 0.1) is 6.20 Å². The van der Waals surface area contributed by atoms with Crippen LogP contribution in [0.2, 0.25) is 5.02 Å². The van der Waals surface area contributed by atoms with Crippen molar-refractivity contribution >= 4 is 11.6 Å². The quantitative estimate of drug-likeness (QED) is 0.860. The molecule has 4 nitrogen and oxygen atoms in total. The Morgan fingerprint density at radius 3 is 2.70 bits per heavy atom. The number of aromatic amines is 1. The first-order valence-corrected chi connectivity index (χ1v) is 7.07. The van der Waals surface area contributed by atoms with Crippen molar-refractivity contribution in [2.75, 3.05) is 20.6 Å². The number of rotatable bonds is 6. The highest BCUT2D eigenvalue weighted by atomic mass is 35.5. The van der Waals surface area contributed by atoms with Crippen LogP contribution in [0, 0.1) is 6.92 Å². The molecule has 2 rings (SSSR count). The molecule has 0 aliphatic rings. The number of aryl methyl sites for hydroxylation is 1. The number of nitrogens with zero attached hydrogens (tertiary/aromatic N) is 2. The summed E-state index contributed by atoms with van der Waals surface area (Å²) in [5.41, 5.74) is 3.45. The van der Waals surface area contributed by atoms with Crippen LogP contribution in [0.4, 0.5) is 0 Å². The van der Waals surface area contributed by atoms with E-state index >= 15 is 0 Å². The Morgan fingerprint density at radius 1 is 1.35 bits per heavy atom. The van der Waals surface area contributed by atoms with Gasteiger partial charge in [-0.3, -0.25) is 5.10 Å². The fraction of sp³-hybridized carbons (Fsp3) is 0.400. The van der Waals surface area contributed by atoms with Crippen molar-refractivity contribution in [3.8, 4) is 0 Å². The van der Waals surface area contributed by atoms with Crippen molar-refractivity contribution in [3.63, 3.8) is 0 Å². The molecule has 0 radical (unpaired) electrons. The normalized spacial score (nSPS) is 12.8. The number of likely N-dealkylation sites (N-methyl/N-ethyl adjacent to an activating group) is 1. The molecule has 1 aromatic carbocycles. The summed E-state index contributed by atoms with van der Waals surface area (Å²) < 4.78 is 0. The molecule has 0 aliphatic heterocycles. The van der Waals surface area contributed by atoms with Crippen LogP contribution in [0.15, 0.2) is 30.5 Å². The molecule has 0 saturated heterocycles. The molecule has 0 aliphatic carbocycles. The van der Waals surface area contributed by atoms with E-state index in [1.807, 2.05) is 31.3 Å². The highest BCUT2D eigenvalue weighted by Gasteiger charge is 2.16. The second-order valence-corrected chi connectivity index (χ2v) is 5.56. The van der Waals surface area contributed by atoms with Gasteiger partial charge in [0.15, 0.2) is 0 Å². The van der Waals surface area contributed by atoms with E-state index in [0.717, 1.165) is 29.4 Å². The molecule has 20 heavy (non-hydrogen) atoms. The molecular formula is C15H21ClN4. The maximum absolute atomic E-state index is 6.30. The topological polar surface area (TPSA) is 44.0 Å². The molecule has 1 heterocycles. The van der Waals surface area contributed by atoms with Crippen LogP contribution in [-0.4, -0.2) is 35.7 Å². The van der Waals surface area contributed by atoms with Crippen LogP contribution in [0.25, 0.3) is 0 Å². The Bertz CT molecular complexity index is 550. The SMILES string of the molecule is Cc1[nH]ncc1CNCC(c1ccccc1Cl)N(C)C. The summed E-state index contributed by atoms with van der Waals surface area (Å²) in [5.74, 6) is 0. The molecule has 0 amide bonds. The Labute approximate surface area is 125 Å². The minimum atomic E-state index is 0.246. The molecule has 108 valence electrons. The zero-order valence-electron chi connectivity index (χ0n) is 12.2. The maximum Gasteiger partial charge on any atom is 0.0535 e. The van der Waals surface area contributed by atoms with Gasteiger partial charge in [0.25, 0.3) is 0 Å². The van der Waals surface area contributed by atoms with E-state index in [1.165, 1.54) is 5.56 Å². The van der Waals surface area contributed by atoms with Gasteiger partial charge in [-0.1, -0.05) is 29.8 Å². The van der Waals surface area contributed by atoms with Crippen LogP contribution < -0.4 is 5.32 Å². The molecule has 2 aromatic rings. The summed E-state index contributed by atoms with van der Waals surface area (Å²) in [7, 11) is 4.14. The van der Waals surface area contributed by atoms with Crippen LogP contribution in [0.1, 0.15) is 22.9 Å². The van der Waals surface area contributed by atoms with E-state index in [2.05, 4.69) is 40.6 Å². The van der Waals surface area contributed by atoms with Crippen LogP contribution >= 0.6 is 11.6 Å². The molecule has 1 aromatic heterocycles. The number of H-pyrrole nitrogens is 1. The number of hydrogen-bond acceptors (Lipinski definition) is 3. The monoisotopic (exact) mass is 292 g/mol. The fourth-order valence-corrected chi connectivity index (χ4v) is 2.48. The molecule has 0 spiro atoms. The van der Waals surface area contributed by atoms with E-state index in [9.17, 15) is 0 Å². The number of hydrogen-bond donors (Lipinski definition) is 2. The third-order valence-corrected chi connectivity index (χ3v) is 3.82. The Balaban J connectivity index is 2.00. The summed E-state index contributed by atoms with van der Waals surface area (Å²) >= 11 is 6.30. The predicted octanol–water partition coefficient (Wildman–Crippen LogP) is 2.76. The predicted molar refractivity (Wildman–Crippen MR) is 82.9 cm³/mol. The van der Waals surface area contributed by atoms with Crippen LogP contribution in [0.5, 0.6) is 0 Å².